The fourth-order valence-electron chi connectivity index (χ4n) is 3.29. The summed E-state index contributed by atoms with van der Waals surface area (Å²) in [5, 5.41) is 11.5. The van der Waals surface area contributed by atoms with E-state index in [1.54, 1.807) is 0 Å². The molecule has 3 rings (SSSR count). The number of hydrogen-bond donors (Lipinski definition) is 1. The highest BCUT2D eigenvalue weighted by Gasteiger charge is 2.32. The molecular weight excluding hydrogens is 294 g/mol. The summed E-state index contributed by atoms with van der Waals surface area (Å²) in [5.41, 5.74) is 2.01. The summed E-state index contributed by atoms with van der Waals surface area (Å²) in [7, 11) is 0. The molecule has 1 radical (unpaired) electrons. The average molecular weight is 313 g/mol. The van der Waals surface area contributed by atoms with Crippen molar-refractivity contribution in [2.75, 3.05) is 6.61 Å². The van der Waals surface area contributed by atoms with Crippen molar-refractivity contribution in [3.8, 4) is 0 Å². The lowest BCUT2D eigenvalue weighted by Crippen LogP contribution is -2.35. The lowest BCUT2D eigenvalue weighted by atomic mass is 9.83. The minimum absolute atomic E-state index is 0.132. The third kappa shape index (κ3) is 2.43. The van der Waals surface area contributed by atoms with Gasteiger partial charge in [0.1, 0.15) is 0 Å². The van der Waals surface area contributed by atoms with E-state index in [2.05, 4.69) is 48.0 Å². The fraction of sp³-hybridized carbons (Fsp3) is 0.263. The number of aromatic nitrogens is 1. The van der Waals surface area contributed by atoms with Gasteiger partial charge in [-0.1, -0.05) is 42.8 Å². The predicted molar refractivity (Wildman–Crippen MR) is 91.3 cm³/mol. The number of benzene rings is 2. The van der Waals surface area contributed by atoms with E-state index in [4.69, 9.17) is 11.6 Å². The number of aliphatic hydroxyl groups is 1. The first kappa shape index (κ1) is 15.1. The monoisotopic (exact) mass is 312 g/mol. The summed E-state index contributed by atoms with van der Waals surface area (Å²) in [4.78, 5) is 0. The van der Waals surface area contributed by atoms with Gasteiger partial charge in [0.05, 0.1) is 5.54 Å². The first-order valence-corrected chi connectivity index (χ1v) is 7.94. The number of hydrogen-bond acceptors (Lipinski definition) is 1. The molecule has 0 bridgehead atoms. The summed E-state index contributed by atoms with van der Waals surface area (Å²) in [6.45, 7) is 2.29. The van der Waals surface area contributed by atoms with Crippen LogP contribution >= 0.6 is 11.6 Å². The first-order chi connectivity index (χ1) is 10.7. The van der Waals surface area contributed by atoms with Crippen molar-refractivity contribution in [3.05, 3.63) is 71.4 Å². The Balaban J connectivity index is 2.23. The van der Waals surface area contributed by atoms with E-state index in [0.29, 0.717) is 6.42 Å². The molecule has 1 N–H and O–H groups in total. The highest BCUT2D eigenvalue weighted by Crippen LogP contribution is 2.37. The van der Waals surface area contributed by atoms with Crippen LogP contribution in [-0.2, 0) is 5.54 Å². The number of aliphatic hydroxyl groups excluding tert-OH is 1. The number of rotatable bonds is 5. The van der Waals surface area contributed by atoms with Crippen LogP contribution in [0.25, 0.3) is 10.9 Å². The summed E-state index contributed by atoms with van der Waals surface area (Å²) < 4.78 is 2.26. The van der Waals surface area contributed by atoms with Gasteiger partial charge in [-0.15, -0.1) is 0 Å². The van der Waals surface area contributed by atoms with Crippen molar-refractivity contribution in [1.29, 1.82) is 0 Å². The molecule has 0 spiro atoms. The highest BCUT2D eigenvalue weighted by molar-refractivity contribution is 6.30. The van der Waals surface area contributed by atoms with E-state index in [-0.39, 0.29) is 12.1 Å². The molecule has 0 aliphatic heterocycles. The Hall–Kier alpha value is -1.77. The van der Waals surface area contributed by atoms with Gasteiger partial charge in [0.2, 0.25) is 0 Å². The van der Waals surface area contributed by atoms with Crippen LogP contribution in [0.3, 0.4) is 0 Å². The molecule has 0 saturated carbocycles. The van der Waals surface area contributed by atoms with Crippen LogP contribution in [-0.4, -0.2) is 16.3 Å². The van der Waals surface area contributed by atoms with E-state index in [1.807, 2.05) is 24.3 Å². The van der Waals surface area contributed by atoms with Crippen molar-refractivity contribution in [1.82, 2.24) is 4.57 Å². The normalized spacial score (nSPS) is 14.1. The molecule has 3 heteroatoms. The zero-order chi connectivity index (χ0) is 15.6. The second-order valence-electron chi connectivity index (χ2n) is 5.52. The smallest absolute Gasteiger partial charge is 0.0716 e. The van der Waals surface area contributed by atoms with Gasteiger partial charge in [-0.2, -0.15) is 0 Å². The quantitative estimate of drug-likeness (QED) is 0.730. The molecule has 1 unspecified atom stereocenters. The van der Waals surface area contributed by atoms with Crippen LogP contribution in [0.15, 0.2) is 54.7 Å². The summed E-state index contributed by atoms with van der Waals surface area (Å²) >= 11 is 6.04. The summed E-state index contributed by atoms with van der Waals surface area (Å²) in [6, 6.07) is 19.3. The molecule has 0 aliphatic rings. The van der Waals surface area contributed by atoms with Crippen LogP contribution < -0.4 is 0 Å². The molecule has 1 aromatic heterocycles. The van der Waals surface area contributed by atoms with E-state index in [1.165, 1.54) is 0 Å². The van der Waals surface area contributed by atoms with Gasteiger partial charge >= 0.3 is 0 Å². The van der Waals surface area contributed by atoms with Gasteiger partial charge in [-0.3, -0.25) is 0 Å². The maximum absolute atomic E-state index is 9.67. The SMILES string of the molecule is CCC(CCO)(c1ccc(Cl)cc1)n1ccc2[c]cccc21. The largest absolute Gasteiger partial charge is 0.396 e. The fourth-order valence-corrected chi connectivity index (χ4v) is 3.41. The minimum Gasteiger partial charge on any atom is -0.396 e. The molecule has 0 saturated heterocycles. The zero-order valence-corrected chi connectivity index (χ0v) is 13.3. The van der Waals surface area contributed by atoms with E-state index < -0.39 is 0 Å². The lowest BCUT2D eigenvalue weighted by molar-refractivity contribution is 0.213. The second-order valence-corrected chi connectivity index (χ2v) is 5.96. The van der Waals surface area contributed by atoms with E-state index in [9.17, 15) is 5.11 Å². The van der Waals surface area contributed by atoms with Gasteiger partial charge < -0.3 is 9.67 Å². The van der Waals surface area contributed by atoms with Gasteiger partial charge in [0.15, 0.2) is 0 Å². The third-order valence-corrected chi connectivity index (χ3v) is 4.72. The predicted octanol–water partition coefficient (Wildman–Crippen LogP) is 4.63. The number of fused-ring (bicyclic) bond motifs is 1. The molecular formula is C19H19ClNO. The topological polar surface area (TPSA) is 25.2 Å². The molecule has 0 fully saturated rings. The molecule has 0 amide bonds. The van der Waals surface area contributed by atoms with Crippen molar-refractivity contribution in [3.63, 3.8) is 0 Å². The Morgan fingerprint density at radius 1 is 1.18 bits per heavy atom. The Bertz CT molecular complexity index is 762. The second kappa shape index (κ2) is 6.15. The standard InChI is InChI=1S/C19H19ClNO/c1-2-19(12-14-22,16-7-9-17(20)10-8-16)21-13-11-15-5-3-4-6-18(15)21/h3-4,6-11,13,22H,2,12,14H2,1H3. The van der Waals surface area contributed by atoms with Crippen LogP contribution in [0.1, 0.15) is 25.3 Å². The van der Waals surface area contributed by atoms with Crippen molar-refractivity contribution in [2.45, 2.75) is 25.3 Å². The lowest BCUT2D eigenvalue weighted by Gasteiger charge is -2.36. The first-order valence-electron chi connectivity index (χ1n) is 7.56. The molecule has 3 aromatic rings. The van der Waals surface area contributed by atoms with Gasteiger partial charge in [0, 0.05) is 28.7 Å². The van der Waals surface area contributed by atoms with Crippen molar-refractivity contribution in [2.24, 2.45) is 0 Å². The summed E-state index contributed by atoms with van der Waals surface area (Å²) in [6.07, 6.45) is 3.63. The van der Waals surface area contributed by atoms with Crippen molar-refractivity contribution < 1.29 is 5.11 Å². The zero-order valence-electron chi connectivity index (χ0n) is 12.6. The molecule has 2 aromatic carbocycles. The Morgan fingerprint density at radius 3 is 2.64 bits per heavy atom. The maximum Gasteiger partial charge on any atom is 0.0716 e. The van der Waals surface area contributed by atoms with Gasteiger partial charge in [0.25, 0.3) is 0 Å². The minimum atomic E-state index is -0.281. The van der Waals surface area contributed by atoms with Crippen LogP contribution in [0.2, 0.25) is 5.02 Å². The number of nitrogens with zero attached hydrogens (tertiary/aromatic N) is 1. The van der Waals surface area contributed by atoms with Gasteiger partial charge in [-0.05, 0) is 48.7 Å². The summed E-state index contributed by atoms with van der Waals surface area (Å²) in [5.74, 6) is 0. The Kier molecular flexibility index (Phi) is 4.23. The molecule has 2 nitrogen and oxygen atoms in total. The van der Waals surface area contributed by atoms with Crippen LogP contribution in [0, 0.1) is 6.07 Å². The molecule has 1 heterocycles. The van der Waals surface area contributed by atoms with E-state index >= 15 is 0 Å². The molecule has 1 atom stereocenters. The molecule has 113 valence electrons. The average Bonchev–Trinajstić information content (AvgIpc) is 2.98. The van der Waals surface area contributed by atoms with Crippen LogP contribution in [0.5, 0.6) is 0 Å². The third-order valence-electron chi connectivity index (χ3n) is 4.47. The highest BCUT2D eigenvalue weighted by atomic mass is 35.5. The van der Waals surface area contributed by atoms with Gasteiger partial charge in [-0.25, -0.2) is 0 Å². The van der Waals surface area contributed by atoms with E-state index in [0.717, 1.165) is 27.9 Å². The molecule has 22 heavy (non-hydrogen) atoms. The number of halogens is 1. The Morgan fingerprint density at radius 2 is 1.95 bits per heavy atom. The molecule has 0 aliphatic carbocycles. The van der Waals surface area contributed by atoms with Crippen LogP contribution in [0.4, 0.5) is 0 Å². The van der Waals surface area contributed by atoms with Crippen molar-refractivity contribution >= 4 is 22.5 Å². The Labute approximate surface area is 136 Å². The maximum atomic E-state index is 9.67.